The van der Waals surface area contributed by atoms with Gasteiger partial charge < -0.3 is 5.11 Å². The van der Waals surface area contributed by atoms with E-state index in [1.165, 1.54) is 12.1 Å². The molecule has 1 atom stereocenters. The number of aliphatic carboxylic acids is 1. The molecule has 5 nitrogen and oxygen atoms in total. The molecule has 0 amide bonds. The molecule has 120 valence electrons. The minimum absolute atomic E-state index is 0.00137. The Morgan fingerprint density at radius 2 is 1.65 bits per heavy atom. The highest BCUT2D eigenvalue weighted by atomic mass is 32.3. The summed E-state index contributed by atoms with van der Waals surface area (Å²) in [5.74, 6) is -0.944. The fraction of sp³-hybridized carbons (Fsp3) is 0.188. The Kier molecular flexibility index (Phi) is 4.18. The maximum atomic E-state index is 12.8. The van der Waals surface area contributed by atoms with Crippen molar-refractivity contribution in [3.8, 4) is 11.1 Å². The summed E-state index contributed by atoms with van der Waals surface area (Å²) in [6.45, 7) is 0.346. The van der Waals surface area contributed by atoms with E-state index in [9.17, 15) is 18.3 Å². The Hall–Kier alpha value is -1.83. The van der Waals surface area contributed by atoms with Crippen LogP contribution in [0.5, 0.6) is 0 Å². The van der Waals surface area contributed by atoms with Gasteiger partial charge in [-0.25, -0.2) is 13.2 Å². The third-order valence-electron chi connectivity index (χ3n) is 3.70. The minimum atomic E-state index is -4.05. The molecule has 3 rings (SSSR count). The maximum absolute atomic E-state index is 12.8. The molecule has 1 aliphatic heterocycles. The van der Waals surface area contributed by atoms with Crippen LogP contribution < -0.4 is 5.32 Å². The first-order valence-electron chi connectivity index (χ1n) is 7.00. The predicted octanol–water partition coefficient (Wildman–Crippen LogP) is 2.20. The van der Waals surface area contributed by atoms with Gasteiger partial charge in [-0.05, 0) is 23.3 Å². The van der Waals surface area contributed by atoms with Crippen LogP contribution >= 0.6 is 11.8 Å². The lowest BCUT2D eigenvalue weighted by atomic mass is 10.1. The lowest BCUT2D eigenvalue weighted by molar-refractivity contribution is -0.138. The van der Waals surface area contributed by atoms with Gasteiger partial charge in [-0.3, -0.25) is 5.32 Å². The second-order valence-electron chi connectivity index (χ2n) is 5.09. The van der Waals surface area contributed by atoms with Crippen LogP contribution in [0.25, 0.3) is 11.1 Å². The molecule has 1 saturated heterocycles. The summed E-state index contributed by atoms with van der Waals surface area (Å²) in [4.78, 5) is 11.6. The number of nitrogens with one attached hydrogen (secondary N) is 1. The molecule has 7 heteroatoms. The summed E-state index contributed by atoms with van der Waals surface area (Å²) in [5.41, 5.74) is 1.85. The third-order valence-corrected chi connectivity index (χ3v) is 7.81. The lowest BCUT2D eigenvalue weighted by Gasteiger charge is -2.23. The summed E-state index contributed by atoms with van der Waals surface area (Å²) in [6, 6.07) is 15.9. The Balaban J connectivity index is 2.00. The molecule has 0 bridgehead atoms. The normalized spacial score (nSPS) is 21.2. The molecule has 2 aromatic carbocycles. The highest BCUT2D eigenvalue weighted by molar-refractivity contribution is 8.16. The Bertz CT molecular complexity index is 811. The highest BCUT2D eigenvalue weighted by Crippen LogP contribution is 2.38. The summed E-state index contributed by atoms with van der Waals surface area (Å²) in [5, 5.41) is 12.1. The fourth-order valence-corrected chi connectivity index (χ4v) is 5.84. The van der Waals surface area contributed by atoms with Crippen molar-refractivity contribution in [2.75, 3.05) is 12.3 Å². The second-order valence-corrected chi connectivity index (χ2v) is 8.75. The number of rotatable bonds is 4. The van der Waals surface area contributed by atoms with E-state index in [0.717, 1.165) is 22.9 Å². The van der Waals surface area contributed by atoms with Crippen molar-refractivity contribution in [2.24, 2.45) is 0 Å². The zero-order chi connectivity index (χ0) is 16.5. The van der Waals surface area contributed by atoms with Crippen molar-refractivity contribution >= 4 is 27.6 Å². The van der Waals surface area contributed by atoms with E-state index in [1.807, 2.05) is 30.3 Å². The first-order chi connectivity index (χ1) is 11.0. The number of carboxylic acid groups (broad SMARTS) is 1. The molecule has 2 N–H and O–H groups in total. The molecule has 0 radical (unpaired) electrons. The molecule has 1 unspecified atom stereocenters. The monoisotopic (exact) mass is 349 g/mol. The first kappa shape index (κ1) is 16.0. The smallest absolute Gasteiger partial charge is 0.351 e. The van der Waals surface area contributed by atoms with Gasteiger partial charge in [-0.2, -0.15) is 0 Å². The number of carbonyl (C=O) groups is 1. The van der Waals surface area contributed by atoms with Crippen LogP contribution in [0.15, 0.2) is 59.5 Å². The van der Waals surface area contributed by atoms with E-state index in [2.05, 4.69) is 5.32 Å². The number of hydrogen-bond acceptors (Lipinski definition) is 5. The van der Waals surface area contributed by atoms with Crippen LogP contribution in [-0.4, -0.2) is 36.0 Å². The number of benzene rings is 2. The number of thioether (sulfide) groups is 1. The summed E-state index contributed by atoms with van der Waals surface area (Å²) in [6.07, 6.45) is 0. The standard InChI is InChI=1S/C16H15NO4S2/c18-15(19)16(17-10-11-22-16)23(20,21)14-8-6-13(7-9-14)12-4-2-1-3-5-12/h1-9,17H,10-11H2,(H,18,19). The molecule has 1 fully saturated rings. The number of hydrogen-bond donors (Lipinski definition) is 2. The van der Waals surface area contributed by atoms with Crippen molar-refractivity contribution in [1.82, 2.24) is 5.32 Å². The van der Waals surface area contributed by atoms with Crippen LogP contribution in [-0.2, 0) is 14.6 Å². The molecular weight excluding hydrogens is 334 g/mol. The van der Waals surface area contributed by atoms with E-state index >= 15 is 0 Å². The van der Waals surface area contributed by atoms with Gasteiger partial charge >= 0.3 is 5.97 Å². The maximum Gasteiger partial charge on any atom is 0.351 e. The SMILES string of the molecule is O=C(O)C1(S(=O)(=O)c2ccc(-c3ccccc3)cc2)NCCS1. The lowest BCUT2D eigenvalue weighted by Crippen LogP contribution is -2.51. The summed E-state index contributed by atoms with van der Waals surface area (Å²) < 4.78 is 23.6. The van der Waals surface area contributed by atoms with Crippen LogP contribution in [0.2, 0.25) is 0 Å². The van der Waals surface area contributed by atoms with Crippen LogP contribution in [0.4, 0.5) is 0 Å². The molecule has 1 heterocycles. The van der Waals surface area contributed by atoms with Gasteiger partial charge in [-0.15, -0.1) is 11.8 Å². The molecule has 0 spiro atoms. The van der Waals surface area contributed by atoms with E-state index in [-0.39, 0.29) is 4.90 Å². The van der Waals surface area contributed by atoms with E-state index in [0.29, 0.717) is 12.3 Å². The molecule has 0 saturated carbocycles. The van der Waals surface area contributed by atoms with Crippen LogP contribution in [0.3, 0.4) is 0 Å². The molecule has 1 aliphatic rings. The molecule has 2 aromatic rings. The molecule has 23 heavy (non-hydrogen) atoms. The first-order valence-corrected chi connectivity index (χ1v) is 9.47. The average Bonchev–Trinajstić information content (AvgIpc) is 3.07. The Labute approximate surface area is 138 Å². The van der Waals surface area contributed by atoms with E-state index < -0.39 is 20.0 Å². The number of carboxylic acids is 1. The third kappa shape index (κ3) is 2.65. The van der Waals surface area contributed by atoms with Gasteiger partial charge in [0.15, 0.2) is 0 Å². The Morgan fingerprint density at radius 1 is 1.04 bits per heavy atom. The van der Waals surface area contributed by atoms with Crippen molar-refractivity contribution in [1.29, 1.82) is 0 Å². The van der Waals surface area contributed by atoms with Gasteiger partial charge in [0.2, 0.25) is 9.84 Å². The zero-order valence-electron chi connectivity index (χ0n) is 12.1. The zero-order valence-corrected chi connectivity index (χ0v) is 13.7. The molecule has 0 aliphatic carbocycles. The fourth-order valence-electron chi connectivity index (χ4n) is 2.51. The topological polar surface area (TPSA) is 83.5 Å². The van der Waals surface area contributed by atoms with Gasteiger partial charge in [0.05, 0.1) is 4.90 Å². The van der Waals surface area contributed by atoms with Crippen molar-refractivity contribution < 1.29 is 18.3 Å². The van der Waals surface area contributed by atoms with Gasteiger partial charge in [-0.1, -0.05) is 42.5 Å². The predicted molar refractivity (Wildman–Crippen MR) is 89.9 cm³/mol. The Morgan fingerprint density at radius 3 is 2.17 bits per heavy atom. The van der Waals surface area contributed by atoms with Crippen LogP contribution in [0.1, 0.15) is 0 Å². The molecule has 0 aromatic heterocycles. The highest BCUT2D eigenvalue weighted by Gasteiger charge is 2.54. The molecular formula is C16H15NO4S2. The minimum Gasteiger partial charge on any atom is -0.478 e. The van der Waals surface area contributed by atoms with Crippen molar-refractivity contribution in [3.05, 3.63) is 54.6 Å². The van der Waals surface area contributed by atoms with Gasteiger partial charge in [0, 0.05) is 12.3 Å². The van der Waals surface area contributed by atoms with Crippen molar-refractivity contribution in [3.63, 3.8) is 0 Å². The van der Waals surface area contributed by atoms with E-state index in [1.54, 1.807) is 12.1 Å². The average molecular weight is 349 g/mol. The largest absolute Gasteiger partial charge is 0.478 e. The van der Waals surface area contributed by atoms with Gasteiger partial charge in [0.25, 0.3) is 4.20 Å². The van der Waals surface area contributed by atoms with Crippen molar-refractivity contribution in [2.45, 2.75) is 9.10 Å². The second kappa shape index (κ2) is 5.99. The number of sulfone groups is 1. The van der Waals surface area contributed by atoms with E-state index in [4.69, 9.17) is 0 Å². The van der Waals surface area contributed by atoms with Gasteiger partial charge in [0.1, 0.15) is 0 Å². The quantitative estimate of drug-likeness (QED) is 0.880. The van der Waals surface area contributed by atoms with Crippen LogP contribution in [0, 0.1) is 0 Å². The summed E-state index contributed by atoms with van der Waals surface area (Å²) in [7, 11) is -4.05. The summed E-state index contributed by atoms with van der Waals surface area (Å²) >= 11 is 0.902.